The molecule has 0 saturated carbocycles. The Morgan fingerprint density at radius 3 is 2.57 bits per heavy atom. The van der Waals surface area contributed by atoms with Crippen LogP contribution in [-0.4, -0.2) is 38.5 Å². The van der Waals surface area contributed by atoms with Crippen LogP contribution in [0.4, 0.5) is 5.69 Å². The van der Waals surface area contributed by atoms with Crippen LogP contribution in [-0.2, 0) is 14.3 Å². The summed E-state index contributed by atoms with van der Waals surface area (Å²) < 4.78 is 26.5. The molecule has 1 amide bonds. The predicted molar refractivity (Wildman–Crippen MR) is 110 cm³/mol. The van der Waals surface area contributed by atoms with Gasteiger partial charge in [0.25, 0.3) is 5.91 Å². The Labute approximate surface area is 174 Å². The number of carbonyl (C=O) groups excluding carboxylic acids is 2. The molecule has 0 unspecified atom stereocenters. The highest BCUT2D eigenvalue weighted by Crippen LogP contribution is 2.33. The third-order valence-electron chi connectivity index (χ3n) is 3.98. The van der Waals surface area contributed by atoms with Gasteiger partial charge in [0.15, 0.2) is 29.6 Å². The third-order valence-corrected chi connectivity index (χ3v) is 3.98. The molecule has 1 N–H and O–H groups in total. The first-order valence-corrected chi connectivity index (χ1v) is 9.53. The van der Waals surface area contributed by atoms with E-state index in [0.717, 1.165) is 5.56 Å². The topological polar surface area (TPSA) is 92.3 Å². The van der Waals surface area contributed by atoms with Gasteiger partial charge in [0.1, 0.15) is 0 Å². The molecular formula is C22H23NO7. The molecule has 2 aromatic rings. The van der Waals surface area contributed by atoms with E-state index in [2.05, 4.69) is 5.32 Å². The number of anilines is 1. The van der Waals surface area contributed by atoms with Crippen molar-refractivity contribution in [3.63, 3.8) is 0 Å². The lowest BCUT2D eigenvalue weighted by Crippen LogP contribution is -2.20. The minimum absolute atomic E-state index is 0.181. The molecule has 3 rings (SSSR count). The van der Waals surface area contributed by atoms with Crippen LogP contribution in [0.2, 0.25) is 0 Å². The van der Waals surface area contributed by atoms with E-state index in [0.29, 0.717) is 41.9 Å². The van der Waals surface area contributed by atoms with Gasteiger partial charge in [-0.1, -0.05) is 6.07 Å². The van der Waals surface area contributed by atoms with E-state index in [1.54, 1.807) is 42.5 Å². The van der Waals surface area contributed by atoms with Crippen LogP contribution < -0.4 is 24.3 Å². The summed E-state index contributed by atoms with van der Waals surface area (Å²) in [5, 5.41) is 2.66. The largest absolute Gasteiger partial charge is 0.490 e. The highest BCUT2D eigenvalue weighted by Gasteiger charge is 2.13. The smallest absolute Gasteiger partial charge is 0.331 e. The molecular weight excluding hydrogens is 390 g/mol. The van der Waals surface area contributed by atoms with E-state index < -0.39 is 18.5 Å². The molecule has 1 aliphatic rings. The number of hydrogen-bond donors (Lipinski definition) is 1. The van der Waals surface area contributed by atoms with Crippen LogP contribution in [0.25, 0.3) is 6.08 Å². The molecule has 0 bridgehead atoms. The van der Waals surface area contributed by atoms with E-state index in [4.69, 9.17) is 23.7 Å². The van der Waals surface area contributed by atoms with Crippen molar-refractivity contribution in [1.29, 1.82) is 0 Å². The quantitative estimate of drug-likeness (QED) is 0.497. The number of amides is 1. The van der Waals surface area contributed by atoms with E-state index in [1.807, 2.05) is 13.8 Å². The second kappa shape index (κ2) is 10.2. The first-order valence-electron chi connectivity index (χ1n) is 9.53. The number of fused-ring (bicyclic) bond motifs is 1. The maximum absolute atomic E-state index is 12.1. The summed E-state index contributed by atoms with van der Waals surface area (Å²) in [7, 11) is 0. The van der Waals surface area contributed by atoms with E-state index in [-0.39, 0.29) is 6.79 Å². The summed E-state index contributed by atoms with van der Waals surface area (Å²) >= 11 is 0. The summed E-state index contributed by atoms with van der Waals surface area (Å²) in [6.45, 7) is 4.46. The fourth-order valence-corrected chi connectivity index (χ4v) is 2.69. The molecule has 0 aliphatic carbocycles. The van der Waals surface area contributed by atoms with Crippen LogP contribution >= 0.6 is 0 Å². The van der Waals surface area contributed by atoms with Crippen molar-refractivity contribution in [1.82, 2.24) is 0 Å². The number of benzene rings is 2. The zero-order valence-electron chi connectivity index (χ0n) is 16.8. The Kier molecular flexibility index (Phi) is 7.15. The molecule has 0 fully saturated rings. The minimum Gasteiger partial charge on any atom is -0.490 e. The molecule has 2 aromatic carbocycles. The zero-order valence-corrected chi connectivity index (χ0v) is 16.8. The fraction of sp³-hybridized carbons (Fsp3) is 0.273. The van der Waals surface area contributed by atoms with Crippen LogP contribution in [0, 0.1) is 0 Å². The van der Waals surface area contributed by atoms with Crippen LogP contribution in [0.3, 0.4) is 0 Å². The summed E-state index contributed by atoms with van der Waals surface area (Å²) in [5.41, 5.74) is 1.26. The normalized spacial score (nSPS) is 11.9. The Morgan fingerprint density at radius 2 is 1.77 bits per heavy atom. The average Bonchev–Trinajstić information content (AvgIpc) is 3.21. The maximum Gasteiger partial charge on any atom is 0.331 e. The number of esters is 1. The first-order chi connectivity index (χ1) is 14.6. The van der Waals surface area contributed by atoms with Gasteiger partial charge in [-0.25, -0.2) is 4.79 Å². The van der Waals surface area contributed by atoms with Crippen molar-refractivity contribution >= 4 is 23.6 Å². The fourth-order valence-electron chi connectivity index (χ4n) is 2.69. The lowest BCUT2D eigenvalue weighted by atomic mass is 10.2. The van der Waals surface area contributed by atoms with Crippen molar-refractivity contribution in [2.24, 2.45) is 0 Å². The number of rotatable bonds is 9. The lowest BCUT2D eigenvalue weighted by Gasteiger charge is -2.13. The van der Waals surface area contributed by atoms with Gasteiger partial charge < -0.3 is 29.0 Å². The van der Waals surface area contributed by atoms with E-state index in [9.17, 15) is 9.59 Å². The molecule has 8 heteroatoms. The van der Waals surface area contributed by atoms with Gasteiger partial charge in [0, 0.05) is 17.8 Å². The maximum atomic E-state index is 12.1. The van der Waals surface area contributed by atoms with E-state index >= 15 is 0 Å². The minimum atomic E-state index is -0.635. The molecule has 8 nitrogen and oxygen atoms in total. The van der Waals surface area contributed by atoms with Crippen molar-refractivity contribution in [2.45, 2.75) is 13.8 Å². The van der Waals surface area contributed by atoms with Crippen LogP contribution in [0.5, 0.6) is 23.0 Å². The monoisotopic (exact) mass is 413 g/mol. The summed E-state index contributed by atoms with van der Waals surface area (Å²) in [6.07, 6.45) is 2.82. The summed E-state index contributed by atoms with van der Waals surface area (Å²) in [4.78, 5) is 24.0. The highest BCUT2D eigenvalue weighted by molar-refractivity contribution is 5.94. The van der Waals surface area contributed by atoms with Gasteiger partial charge >= 0.3 is 5.97 Å². The molecule has 0 saturated heterocycles. The summed E-state index contributed by atoms with van der Waals surface area (Å²) in [6, 6.07) is 10.4. The third kappa shape index (κ3) is 5.66. The Hall–Kier alpha value is -3.68. The first kappa shape index (κ1) is 21.0. The Balaban J connectivity index is 1.50. The number of ether oxygens (including phenoxy) is 5. The van der Waals surface area contributed by atoms with Crippen molar-refractivity contribution in [2.75, 3.05) is 31.9 Å². The second-order valence-electron chi connectivity index (χ2n) is 6.13. The van der Waals surface area contributed by atoms with Gasteiger partial charge in [-0.3, -0.25) is 4.79 Å². The van der Waals surface area contributed by atoms with Crippen molar-refractivity contribution in [3.8, 4) is 23.0 Å². The molecule has 0 radical (unpaired) electrons. The van der Waals surface area contributed by atoms with Crippen LogP contribution in [0.1, 0.15) is 19.4 Å². The average molecular weight is 413 g/mol. The van der Waals surface area contributed by atoms with Crippen LogP contribution in [0.15, 0.2) is 42.5 Å². The molecule has 158 valence electrons. The highest BCUT2D eigenvalue weighted by atomic mass is 16.7. The Morgan fingerprint density at radius 1 is 1.00 bits per heavy atom. The van der Waals surface area contributed by atoms with Gasteiger partial charge in [-0.05, 0) is 49.8 Å². The molecule has 0 atom stereocenters. The number of hydrogen-bond acceptors (Lipinski definition) is 7. The molecule has 30 heavy (non-hydrogen) atoms. The SMILES string of the molecule is CCOc1ccc(NC(=O)COC(=O)/C=C/c2ccc3c(c2)OCO3)cc1OCC. The van der Waals surface area contributed by atoms with Gasteiger partial charge in [0.2, 0.25) is 6.79 Å². The number of nitrogens with one attached hydrogen (secondary N) is 1. The predicted octanol–water partition coefficient (Wildman–Crippen LogP) is 3.41. The summed E-state index contributed by atoms with van der Waals surface area (Å²) in [5.74, 6) is 1.30. The van der Waals surface area contributed by atoms with Crippen molar-refractivity contribution in [3.05, 3.63) is 48.0 Å². The molecule has 1 aliphatic heterocycles. The molecule has 0 aromatic heterocycles. The molecule has 0 spiro atoms. The van der Waals surface area contributed by atoms with Gasteiger partial charge in [-0.2, -0.15) is 0 Å². The standard InChI is InChI=1S/C22H23NO7/c1-3-26-17-9-7-16(12-20(17)27-4-2)23-21(24)13-28-22(25)10-6-15-5-8-18-19(11-15)30-14-29-18/h5-12H,3-4,13-14H2,1-2H3,(H,23,24)/b10-6+. The van der Waals surface area contributed by atoms with E-state index in [1.165, 1.54) is 6.08 Å². The molecule has 1 heterocycles. The Bertz CT molecular complexity index is 939. The zero-order chi connectivity index (χ0) is 21.3. The van der Waals surface area contributed by atoms with Crippen molar-refractivity contribution < 1.29 is 33.3 Å². The lowest BCUT2D eigenvalue weighted by molar-refractivity contribution is -0.142. The van der Waals surface area contributed by atoms with Gasteiger partial charge in [0.05, 0.1) is 13.2 Å². The number of carbonyl (C=O) groups is 2. The second-order valence-corrected chi connectivity index (χ2v) is 6.13. The van der Waals surface area contributed by atoms with Gasteiger partial charge in [-0.15, -0.1) is 0 Å².